The number of hydrogen-bond acceptors (Lipinski definition) is 8. The van der Waals surface area contributed by atoms with Gasteiger partial charge in [0.15, 0.2) is 11.5 Å². The zero-order valence-electron chi connectivity index (χ0n) is 25.2. The number of carboxylic acids is 1. The van der Waals surface area contributed by atoms with Crippen molar-refractivity contribution in [3.63, 3.8) is 0 Å². The molecule has 4 aliphatic rings. The molecule has 10 nitrogen and oxygen atoms in total. The van der Waals surface area contributed by atoms with Gasteiger partial charge in [0.1, 0.15) is 17.0 Å². The van der Waals surface area contributed by atoms with Crippen LogP contribution in [0.1, 0.15) is 60.9 Å². The Morgan fingerprint density at radius 2 is 1.96 bits per heavy atom. The van der Waals surface area contributed by atoms with Crippen molar-refractivity contribution >= 4 is 45.9 Å². The number of rotatable bonds is 8. The minimum atomic E-state index is -1.06. The van der Waals surface area contributed by atoms with Gasteiger partial charge in [0.25, 0.3) is 5.79 Å². The number of nitrogens with zero attached hydrogens (tertiary/aromatic N) is 6. The molecule has 236 valence electrons. The van der Waals surface area contributed by atoms with E-state index in [0.717, 1.165) is 56.0 Å². The van der Waals surface area contributed by atoms with E-state index in [1.165, 1.54) is 6.07 Å². The quantitative estimate of drug-likeness (QED) is 0.223. The Bertz CT molecular complexity index is 1920. The fourth-order valence-corrected chi connectivity index (χ4v) is 7.68. The van der Waals surface area contributed by atoms with Crippen LogP contribution in [0.4, 0.5) is 5.69 Å². The summed E-state index contributed by atoms with van der Waals surface area (Å²) >= 11 is 12.7. The molecule has 2 aromatic carbocycles. The molecular weight excluding hydrogens is 627 g/mol. The maximum absolute atomic E-state index is 11.9. The summed E-state index contributed by atoms with van der Waals surface area (Å²) in [6.45, 7) is 4.70. The third-order valence-electron chi connectivity index (χ3n) is 10.1. The Morgan fingerprint density at radius 3 is 2.65 bits per heavy atom. The summed E-state index contributed by atoms with van der Waals surface area (Å²) in [6, 6.07) is 15.7. The highest BCUT2D eigenvalue weighted by Crippen LogP contribution is 2.52. The van der Waals surface area contributed by atoms with Gasteiger partial charge in [0.05, 0.1) is 39.4 Å². The van der Waals surface area contributed by atoms with Crippen molar-refractivity contribution in [3.8, 4) is 17.6 Å². The zero-order chi connectivity index (χ0) is 31.8. The predicted octanol–water partition coefficient (Wildman–Crippen LogP) is 6.63. The summed E-state index contributed by atoms with van der Waals surface area (Å²) in [4.78, 5) is 26.3. The molecule has 3 fully saturated rings. The maximum Gasteiger partial charge on any atom is 0.335 e. The van der Waals surface area contributed by atoms with Crippen LogP contribution in [-0.4, -0.2) is 55.7 Å². The van der Waals surface area contributed by atoms with Crippen molar-refractivity contribution in [3.05, 3.63) is 75.8 Å². The minimum Gasteiger partial charge on any atom is -0.478 e. The van der Waals surface area contributed by atoms with Crippen LogP contribution in [0.25, 0.3) is 11.0 Å². The van der Waals surface area contributed by atoms with Crippen LogP contribution in [0.3, 0.4) is 0 Å². The molecule has 1 N–H and O–H groups in total. The number of carbonyl (C=O) groups is 1. The van der Waals surface area contributed by atoms with Gasteiger partial charge in [-0.3, -0.25) is 9.88 Å². The molecule has 2 aromatic heterocycles. The van der Waals surface area contributed by atoms with Crippen LogP contribution >= 0.6 is 23.2 Å². The highest BCUT2D eigenvalue weighted by molar-refractivity contribution is 6.35. The molecule has 0 amide bonds. The molecule has 4 heterocycles. The maximum atomic E-state index is 11.9. The van der Waals surface area contributed by atoms with Crippen LogP contribution in [0.5, 0.6) is 11.5 Å². The number of nitriles is 1. The van der Waals surface area contributed by atoms with E-state index in [-0.39, 0.29) is 17.0 Å². The van der Waals surface area contributed by atoms with Gasteiger partial charge in [-0.2, -0.15) is 5.26 Å². The van der Waals surface area contributed by atoms with Crippen LogP contribution < -0.4 is 14.4 Å². The van der Waals surface area contributed by atoms with Crippen LogP contribution in [-0.2, 0) is 18.9 Å². The Balaban J connectivity index is 1.07. The first-order chi connectivity index (χ1) is 22.2. The third kappa shape index (κ3) is 4.84. The fraction of sp³-hybridized carbons (Fsp3) is 0.412. The van der Waals surface area contributed by atoms with Crippen molar-refractivity contribution in [1.29, 1.82) is 5.26 Å². The van der Waals surface area contributed by atoms with E-state index >= 15 is 0 Å². The highest BCUT2D eigenvalue weighted by Gasteiger charge is 2.48. The fourth-order valence-electron chi connectivity index (χ4n) is 7.31. The molecule has 0 radical (unpaired) electrons. The summed E-state index contributed by atoms with van der Waals surface area (Å²) in [5.74, 6) is 0.170. The Hall–Kier alpha value is -4.04. The number of fused-ring (bicyclic) bond motifs is 3. The van der Waals surface area contributed by atoms with Gasteiger partial charge < -0.3 is 24.0 Å². The first-order valence-corrected chi connectivity index (χ1v) is 16.4. The number of aromatic nitrogens is 3. The largest absolute Gasteiger partial charge is 0.478 e. The Kier molecular flexibility index (Phi) is 6.87. The van der Waals surface area contributed by atoms with E-state index in [2.05, 4.69) is 31.5 Å². The molecular formula is C34H32Cl2N6O4. The monoisotopic (exact) mass is 658 g/mol. The average molecular weight is 660 g/mol. The SMILES string of the molecule is C[C@]1(c2ccc(Cl)cn2)Oc2cccc(N3CCN(Cc4nc5c(Cl)cc(C(=O)O)cc5n4CC4(CC#N)CC4)[C@H]4CC[C@H]43)c2O1. The molecule has 0 bridgehead atoms. The smallest absolute Gasteiger partial charge is 0.335 e. The predicted molar refractivity (Wildman–Crippen MR) is 172 cm³/mol. The van der Waals surface area contributed by atoms with Gasteiger partial charge >= 0.3 is 5.97 Å². The molecule has 1 saturated heterocycles. The lowest BCUT2D eigenvalue weighted by Crippen LogP contribution is -2.64. The van der Waals surface area contributed by atoms with E-state index in [1.54, 1.807) is 18.3 Å². The van der Waals surface area contributed by atoms with Crippen molar-refractivity contribution in [2.45, 2.75) is 70.0 Å². The normalized spacial score (nSPS) is 24.3. The van der Waals surface area contributed by atoms with Gasteiger partial charge in [-0.25, -0.2) is 9.78 Å². The van der Waals surface area contributed by atoms with E-state index in [0.29, 0.717) is 58.1 Å². The number of halogens is 2. The molecule has 3 atom stereocenters. The topological polar surface area (TPSA) is 117 Å². The van der Waals surface area contributed by atoms with E-state index in [4.69, 9.17) is 37.7 Å². The summed E-state index contributed by atoms with van der Waals surface area (Å²) in [7, 11) is 0. The van der Waals surface area contributed by atoms with Crippen molar-refractivity contribution in [2.24, 2.45) is 5.41 Å². The number of para-hydroxylation sites is 1. The minimum absolute atomic E-state index is 0.105. The number of hydrogen-bond donors (Lipinski definition) is 1. The van der Waals surface area contributed by atoms with Crippen LogP contribution in [0, 0.1) is 16.7 Å². The van der Waals surface area contributed by atoms with Crippen molar-refractivity contribution in [2.75, 3.05) is 18.0 Å². The first kappa shape index (κ1) is 29.4. The second-order valence-electron chi connectivity index (χ2n) is 13.1. The molecule has 0 spiro atoms. The van der Waals surface area contributed by atoms with E-state index in [9.17, 15) is 15.2 Å². The Morgan fingerprint density at radius 1 is 1.13 bits per heavy atom. The molecule has 4 aromatic rings. The highest BCUT2D eigenvalue weighted by atomic mass is 35.5. The molecule has 8 rings (SSSR count). The number of carboxylic acid groups (broad SMARTS) is 1. The first-order valence-electron chi connectivity index (χ1n) is 15.6. The van der Waals surface area contributed by atoms with E-state index in [1.807, 2.05) is 25.1 Å². The van der Waals surface area contributed by atoms with Crippen LogP contribution in [0.15, 0.2) is 48.7 Å². The number of anilines is 1. The summed E-state index contributed by atoms with van der Waals surface area (Å²) in [5.41, 5.74) is 3.00. The average Bonchev–Trinajstić information content (AvgIpc) is 3.54. The second-order valence-corrected chi connectivity index (χ2v) is 13.9. The molecule has 2 saturated carbocycles. The summed E-state index contributed by atoms with van der Waals surface area (Å²) in [5, 5.41) is 20.1. The number of ether oxygens (including phenoxy) is 2. The molecule has 0 unspecified atom stereocenters. The number of imidazole rings is 1. The van der Waals surface area contributed by atoms with Crippen molar-refractivity contribution < 1.29 is 19.4 Å². The molecule has 2 aliphatic carbocycles. The van der Waals surface area contributed by atoms with Gasteiger partial charge in [0.2, 0.25) is 0 Å². The lowest BCUT2D eigenvalue weighted by atomic mass is 9.81. The number of benzene rings is 2. The van der Waals surface area contributed by atoms with Gasteiger partial charge in [-0.15, -0.1) is 0 Å². The lowest BCUT2D eigenvalue weighted by Gasteiger charge is -2.54. The van der Waals surface area contributed by atoms with Crippen molar-refractivity contribution in [1.82, 2.24) is 19.4 Å². The number of piperazine rings is 1. The van der Waals surface area contributed by atoms with Gasteiger partial charge in [-0.05, 0) is 62.1 Å². The zero-order valence-corrected chi connectivity index (χ0v) is 26.8. The standard InChI is InChI=1S/C34H32Cl2N6O4/c1-33(28-8-5-21(35)17-38-28)45-27-4-2-3-25(31(27)46-33)41-14-13-40(23-6-7-24(23)41)18-29-39-30-22(36)15-20(32(43)44)16-26(30)42(29)19-34(9-10-34)11-12-37/h2-5,8,15-17,23-24H,6-7,9-11,13-14,18-19H2,1H3,(H,43,44)/t23-,24+,33-/m0/s1. The number of pyridine rings is 1. The summed E-state index contributed by atoms with van der Waals surface area (Å²) in [6.07, 6.45) is 6.10. The molecule has 46 heavy (non-hydrogen) atoms. The summed E-state index contributed by atoms with van der Waals surface area (Å²) < 4.78 is 15.0. The number of aromatic carboxylic acids is 1. The lowest BCUT2D eigenvalue weighted by molar-refractivity contribution is -0.0717. The second kappa shape index (κ2) is 10.8. The van der Waals surface area contributed by atoms with Gasteiger partial charge in [-0.1, -0.05) is 29.3 Å². The van der Waals surface area contributed by atoms with Gasteiger partial charge in [0, 0.05) is 56.7 Å². The molecule has 12 heteroatoms. The van der Waals surface area contributed by atoms with Crippen LogP contribution in [0.2, 0.25) is 10.0 Å². The molecule has 2 aliphatic heterocycles. The Labute approximate surface area is 276 Å². The van der Waals surface area contributed by atoms with E-state index < -0.39 is 11.8 Å². The third-order valence-corrected chi connectivity index (χ3v) is 10.7.